The van der Waals surface area contributed by atoms with Crippen LogP contribution in [-0.4, -0.2) is 6.67 Å². The molecule has 0 spiro atoms. The number of alkyl halides is 1. The molecule has 2 fully saturated rings. The molecule has 0 atom stereocenters. The van der Waals surface area contributed by atoms with Crippen molar-refractivity contribution in [3.8, 4) is 0 Å². The molecule has 0 N–H and O–H groups in total. The molecule has 0 amide bonds. The average molecular weight is 252 g/mol. The van der Waals surface area contributed by atoms with Gasteiger partial charge in [-0.1, -0.05) is 31.9 Å². The molecule has 0 unspecified atom stereocenters. The summed E-state index contributed by atoms with van der Waals surface area (Å²) in [7, 11) is 0. The van der Waals surface area contributed by atoms with Crippen LogP contribution in [0, 0.1) is 23.7 Å². The first-order valence-electron chi connectivity index (χ1n) is 8.02. The minimum absolute atomic E-state index is 0.202. The fourth-order valence-electron chi connectivity index (χ4n) is 3.92. The number of hydrogen-bond acceptors (Lipinski definition) is 0. The van der Waals surface area contributed by atoms with Crippen molar-refractivity contribution in [3.05, 3.63) is 12.2 Å². The molecule has 0 nitrogen and oxygen atoms in total. The summed E-state index contributed by atoms with van der Waals surface area (Å²) < 4.78 is 12.0. The highest BCUT2D eigenvalue weighted by molar-refractivity contribution is 4.92. The monoisotopic (exact) mass is 252 g/mol. The summed E-state index contributed by atoms with van der Waals surface area (Å²) in [4.78, 5) is 0. The zero-order valence-electron chi connectivity index (χ0n) is 11.9. The summed E-state index contributed by atoms with van der Waals surface area (Å²) in [5, 5.41) is 0. The van der Waals surface area contributed by atoms with Gasteiger partial charge in [-0.3, -0.25) is 4.39 Å². The zero-order chi connectivity index (χ0) is 12.8. The van der Waals surface area contributed by atoms with Gasteiger partial charge in [-0.2, -0.15) is 0 Å². The highest BCUT2D eigenvalue weighted by Gasteiger charge is 2.29. The van der Waals surface area contributed by atoms with Crippen LogP contribution in [0.2, 0.25) is 0 Å². The molecular formula is C17H29F. The van der Waals surface area contributed by atoms with Gasteiger partial charge in [-0.05, 0) is 68.6 Å². The quantitative estimate of drug-likeness (QED) is 0.577. The number of rotatable bonds is 4. The minimum atomic E-state index is -0.202. The van der Waals surface area contributed by atoms with E-state index in [1.807, 2.05) is 6.08 Å². The first kappa shape index (κ1) is 14.1. The van der Waals surface area contributed by atoms with Crippen LogP contribution in [0.4, 0.5) is 4.39 Å². The van der Waals surface area contributed by atoms with E-state index >= 15 is 0 Å². The highest BCUT2D eigenvalue weighted by Crippen LogP contribution is 2.41. The molecule has 2 aliphatic carbocycles. The van der Waals surface area contributed by atoms with Crippen LogP contribution in [0.5, 0.6) is 0 Å². The summed E-state index contributed by atoms with van der Waals surface area (Å²) in [6.07, 6.45) is 16.4. The van der Waals surface area contributed by atoms with Crippen molar-refractivity contribution in [2.24, 2.45) is 23.7 Å². The Morgan fingerprint density at radius 1 is 0.889 bits per heavy atom. The molecule has 104 valence electrons. The Morgan fingerprint density at radius 2 is 1.44 bits per heavy atom. The first-order valence-corrected chi connectivity index (χ1v) is 8.02. The molecule has 0 aliphatic heterocycles. The molecule has 2 saturated carbocycles. The lowest BCUT2D eigenvalue weighted by Crippen LogP contribution is -2.24. The second-order valence-electron chi connectivity index (χ2n) is 6.60. The molecular weight excluding hydrogens is 223 g/mol. The van der Waals surface area contributed by atoms with E-state index in [0.29, 0.717) is 6.42 Å². The first-order chi connectivity index (χ1) is 8.79. The second-order valence-corrected chi connectivity index (χ2v) is 6.60. The van der Waals surface area contributed by atoms with Crippen molar-refractivity contribution in [3.63, 3.8) is 0 Å². The van der Waals surface area contributed by atoms with E-state index in [2.05, 4.69) is 13.0 Å². The molecule has 0 radical (unpaired) electrons. The fourth-order valence-corrected chi connectivity index (χ4v) is 3.92. The molecule has 18 heavy (non-hydrogen) atoms. The smallest absolute Gasteiger partial charge is 0.0928 e. The predicted octanol–water partition coefficient (Wildman–Crippen LogP) is 5.53. The maximum absolute atomic E-state index is 12.0. The van der Waals surface area contributed by atoms with Crippen LogP contribution in [-0.2, 0) is 0 Å². The van der Waals surface area contributed by atoms with Crippen molar-refractivity contribution < 1.29 is 4.39 Å². The third-order valence-electron chi connectivity index (χ3n) is 5.23. The van der Waals surface area contributed by atoms with Crippen molar-refractivity contribution in [1.29, 1.82) is 0 Å². The van der Waals surface area contributed by atoms with Crippen molar-refractivity contribution in [2.45, 2.75) is 64.7 Å². The summed E-state index contributed by atoms with van der Waals surface area (Å²) in [6.45, 7) is 2.20. The van der Waals surface area contributed by atoms with Crippen LogP contribution in [0.15, 0.2) is 12.2 Å². The Morgan fingerprint density at radius 3 is 2.00 bits per heavy atom. The van der Waals surface area contributed by atoms with E-state index < -0.39 is 0 Å². The Balaban J connectivity index is 1.70. The molecule has 0 saturated heterocycles. The van der Waals surface area contributed by atoms with Gasteiger partial charge in [0.2, 0.25) is 0 Å². The standard InChI is InChI=1S/C17H29F/c1-14-5-9-16(10-6-14)17-11-7-15(8-12-17)4-2-3-13-18/h2,4,14-17H,3,5-13H2,1H3/b4-2+/t14-,15?,16-,17?. The Kier molecular flexibility index (Phi) is 5.72. The van der Waals surface area contributed by atoms with E-state index in [1.165, 1.54) is 51.4 Å². The van der Waals surface area contributed by atoms with Crippen molar-refractivity contribution in [1.82, 2.24) is 0 Å². The van der Waals surface area contributed by atoms with E-state index in [1.54, 1.807) is 0 Å². The van der Waals surface area contributed by atoms with Gasteiger partial charge in [0.25, 0.3) is 0 Å². The van der Waals surface area contributed by atoms with Crippen LogP contribution >= 0.6 is 0 Å². The van der Waals surface area contributed by atoms with Gasteiger partial charge in [-0.25, -0.2) is 0 Å². The van der Waals surface area contributed by atoms with Crippen LogP contribution in [0.1, 0.15) is 64.7 Å². The molecule has 0 bridgehead atoms. The van der Waals surface area contributed by atoms with Gasteiger partial charge >= 0.3 is 0 Å². The fraction of sp³-hybridized carbons (Fsp3) is 0.882. The maximum atomic E-state index is 12.0. The third kappa shape index (κ3) is 4.10. The van der Waals surface area contributed by atoms with Crippen LogP contribution < -0.4 is 0 Å². The van der Waals surface area contributed by atoms with Crippen LogP contribution in [0.3, 0.4) is 0 Å². The summed E-state index contributed by atoms with van der Waals surface area (Å²) >= 11 is 0. The number of hydrogen-bond donors (Lipinski definition) is 0. The summed E-state index contributed by atoms with van der Waals surface area (Å²) in [6, 6.07) is 0. The minimum Gasteiger partial charge on any atom is -0.251 e. The van der Waals surface area contributed by atoms with Gasteiger partial charge in [-0.15, -0.1) is 0 Å². The zero-order valence-corrected chi connectivity index (χ0v) is 11.9. The van der Waals surface area contributed by atoms with Gasteiger partial charge in [0, 0.05) is 0 Å². The second kappa shape index (κ2) is 7.31. The number of allylic oxidation sites excluding steroid dienone is 2. The van der Waals surface area contributed by atoms with Gasteiger partial charge in [0.15, 0.2) is 0 Å². The van der Waals surface area contributed by atoms with Gasteiger partial charge in [0.05, 0.1) is 6.67 Å². The third-order valence-corrected chi connectivity index (χ3v) is 5.23. The molecule has 0 aromatic carbocycles. The number of halogens is 1. The maximum Gasteiger partial charge on any atom is 0.0928 e. The van der Waals surface area contributed by atoms with Crippen molar-refractivity contribution in [2.75, 3.05) is 6.67 Å². The van der Waals surface area contributed by atoms with E-state index in [-0.39, 0.29) is 6.67 Å². The molecule has 2 aliphatic rings. The van der Waals surface area contributed by atoms with Gasteiger partial charge < -0.3 is 0 Å². The Bertz CT molecular complexity index is 242. The molecule has 0 aromatic rings. The SMILES string of the molecule is C[C@H]1CC[C@H](C2CCC(/C=C/CCF)CC2)CC1. The highest BCUT2D eigenvalue weighted by atomic mass is 19.1. The largest absolute Gasteiger partial charge is 0.251 e. The lowest BCUT2D eigenvalue weighted by Gasteiger charge is -2.36. The molecule has 2 rings (SSSR count). The average Bonchev–Trinajstić information content (AvgIpc) is 2.41. The topological polar surface area (TPSA) is 0 Å². The predicted molar refractivity (Wildman–Crippen MR) is 76.3 cm³/mol. The Hall–Kier alpha value is -0.330. The normalized spacial score (nSPS) is 38.1. The van der Waals surface area contributed by atoms with E-state index in [9.17, 15) is 4.39 Å². The molecule has 0 aromatic heterocycles. The lowest BCUT2D eigenvalue weighted by atomic mass is 9.69. The van der Waals surface area contributed by atoms with Crippen LogP contribution in [0.25, 0.3) is 0 Å². The van der Waals surface area contributed by atoms with E-state index in [4.69, 9.17) is 0 Å². The Labute approximate surface area is 112 Å². The summed E-state index contributed by atoms with van der Waals surface area (Å²) in [5.74, 6) is 3.75. The molecule has 0 heterocycles. The summed E-state index contributed by atoms with van der Waals surface area (Å²) in [5.41, 5.74) is 0. The van der Waals surface area contributed by atoms with Crippen molar-refractivity contribution >= 4 is 0 Å². The van der Waals surface area contributed by atoms with E-state index in [0.717, 1.165) is 23.7 Å². The van der Waals surface area contributed by atoms with Gasteiger partial charge in [0.1, 0.15) is 0 Å². The molecule has 1 heteroatoms. The lowest BCUT2D eigenvalue weighted by molar-refractivity contribution is 0.160.